The summed E-state index contributed by atoms with van der Waals surface area (Å²) in [7, 11) is 0. The first kappa shape index (κ1) is 15.4. The first-order chi connectivity index (χ1) is 12.0. The zero-order valence-electron chi connectivity index (χ0n) is 13.4. The van der Waals surface area contributed by atoms with Gasteiger partial charge in [0.05, 0.1) is 4.92 Å². The number of nitro benzene ring substituents is 1. The Balaban J connectivity index is 1.52. The maximum atomic E-state index is 12.3. The minimum Gasteiger partial charge on any atom is -0.448 e. The van der Waals surface area contributed by atoms with E-state index < -0.39 is 16.6 Å². The van der Waals surface area contributed by atoms with Crippen molar-refractivity contribution in [3.05, 3.63) is 58.1 Å². The molecule has 1 heterocycles. The normalized spacial score (nSPS) is 16.8. The largest absolute Gasteiger partial charge is 0.448 e. The summed E-state index contributed by atoms with van der Waals surface area (Å²) in [5.41, 5.74) is 0.648. The van der Waals surface area contributed by atoms with E-state index in [0.29, 0.717) is 17.2 Å². The molecule has 25 heavy (non-hydrogen) atoms. The van der Waals surface area contributed by atoms with Crippen LogP contribution in [0.4, 0.5) is 11.4 Å². The van der Waals surface area contributed by atoms with Gasteiger partial charge in [0.2, 0.25) is 0 Å². The molecule has 4 rings (SSSR count). The van der Waals surface area contributed by atoms with Crippen molar-refractivity contribution in [2.75, 3.05) is 5.32 Å². The lowest BCUT2D eigenvalue weighted by atomic mass is 10.2. The summed E-state index contributed by atoms with van der Waals surface area (Å²) in [4.78, 5) is 22.6. The van der Waals surface area contributed by atoms with Gasteiger partial charge in [-0.1, -0.05) is 6.07 Å². The predicted molar refractivity (Wildman–Crippen MR) is 89.9 cm³/mol. The van der Waals surface area contributed by atoms with E-state index in [1.807, 2.05) is 0 Å². The number of rotatable bonds is 3. The van der Waals surface area contributed by atoms with E-state index >= 15 is 0 Å². The molecule has 0 unspecified atom stereocenters. The molecule has 7 heteroatoms. The summed E-state index contributed by atoms with van der Waals surface area (Å²) < 4.78 is 11.9. The molecule has 7 nitrogen and oxygen atoms in total. The summed E-state index contributed by atoms with van der Waals surface area (Å²) >= 11 is 0. The summed E-state index contributed by atoms with van der Waals surface area (Å²) in [6.07, 6.45) is 3.86. The SMILES string of the molecule is O=C(Nc1ccc2c(c1)OC1(CCCC1)O2)c1cccc([N+](=O)[O-])c1. The molecule has 1 aliphatic carbocycles. The van der Waals surface area contributed by atoms with Crippen molar-refractivity contribution in [1.82, 2.24) is 0 Å². The van der Waals surface area contributed by atoms with Crippen molar-refractivity contribution in [2.45, 2.75) is 31.5 Å². The van der Waals surface area contributed by atoms with Crippen LogP contribution in [0.25, 0.3) is 0 Å². The van der Waals surface area contributed by atoms with E-state index in [0.717, 1.165) is 25.7 Å². The lowest BCUT2D eigenvalue weighted by Gasteiger charge is -2.21. The highest BCUT2D eigenvalue weighted by atomic mass is 16.7. The third-order valence-electron chi connectivity index (χ3n) is 4.48. The van der Waals surface area contributed by atoms with Crippen molar-refractivity contribution in [1.29, 1.82) is 0 Å². The fraction of sp³-hybridized carbons (Fsp3) is 0.278. The third-order valence-corrected chi connectivity index (χ3v) is 4.48. The first-order valence-corrected chi connectivity index (χ1v) is 8.13. The molecular weight excluding hydrogens is 324 g/mol. The van der Waals surface area contributed by atoms with Gasteiger partial charge in [-0.15, -0.1) is 0 Å². The fourth-order valence-corrected chi connectivity index (χ4v) is 3.25. The Hall–Kier alpha value is -3.09. The lowest BCUT2D eigenvalue weighted by molar-refractivity contribution is -0.384. The summed E-state index contributed by atoms with van der Waals surface area (Å²) in [6, 6.07) is 10.8. The van der Waals surface area contributed by atoms with Gasteiger partial charge in [0, 0.05) is 42.3 Å². The average molecular weight is 340 g/mol. The second-order valence-electron chi connectivity index (χ2n) is 6.24. The fourth-order valence-electron chi connectivity index (χ4n) is 3.25. The Morgan fingerprint density at radius 3 is 2.60 bits per heavy atom. The highest BCUT2D eigenvalue weighted by molar-refractivity contribution is 6.04. The second kappa shape index (κ2) is 5.77. The number of amides is 1. The highest BCUT2D eigenvalue weighted by Crippen LogP contribution is 2.47. The van der Waals surface area contributed by atoms with Crippen LogP contribution >= 0.6 is 0 Å². The Labute approximate surface area is 143 Å². The van der Waals surface area contributed by atoms with Gasteiger partial charge in [0.1, 0.15) is 0 Å². The zero-order chi connectivity index (χ0) is 17.4. The number of hydrogen-bond donors (Lipinski definition) is 1. The molecule has 2 aromatic carbocycles. The molecule has 2 aliphatic rings. The van der Waals surface area contributed by atoms with Gasteiger partial charge in [-0.2, -0.15) is 0 Å². The number of nitro groups is 1. The van der Waals surface area contributed by atoms with E-state index in [1.54, 1.807) is 18.2 Å². The quantitative estimate of drug-likeness (QED) is 0.676. The number of hydrogen-bond acceptors (Lipinski definition) is 5. The molecule has 1 spiro atoms. The number of anilines is 1. The number of benzene rings is 2. The van der Waals surface area contributed by atoms with Crippen molar-refractivity contribution in [3.8, 4) is 11.5 Å². The smallest absolute Gasteiger partial charge is 0.270 e. The lowest BCUT2D eigenvalue weighted by Crippen LogP contribution is -2.34. The third kappa shape index (κ3) is 2.88. The predicted octanol–water partition coefficient (Wildman–Crippen LogP) is 3.89. The molecule has 0 bridgehead atoms. The van der Waals surface area contributed by atoms with Crippen molar-refractivity contribution in [3.63, 3.8) is 0 Å². The van der Waals surface area contributed by atoms with Crippen molar-refractivity contribution < 1.29 is 19.2 Å². The average Bonchev–Trinajstić information content (AvgIpc) is 3.20. The minimum atomic E-state index is -0.551. The Morgan fingerprint density at radius 1 is 1.08 bits per heavy atom. The standard InChI is InChI=1S/C18H16N2O5/c21-17(12-4-3-5-14(10-12)20(22)23)19-13-6-7-15-16(11-13)25-18(24-15)8-1-2-9-18/h3-7,10-11H,1-2,8-9H2,(H,19,21). The van der Waals surface area contributed by atoms with Crippen LogP contribution in [-0.2, 0) is 0 Å². The topological polar surface area (TPSA) is 90.7 Å². The van der Waals surface area contributed by atoms with Crippen LogP contribution in [0, 0.1) is 10.1 Å². The maximum Gasteiger partial charge on any atom is 0.270 e. The number of carbonyl (C=O) groups excluding carboxylic acids is 1. The number of nitrogens with zero attached hydrogens (tertiary/aromatic N) is 1. The molecule has 0 radical (unpaired) electrons. The van der Waals surface area contributed by atoms with E-state index in [1.165, 1.54) is 24.3 Å². The van der Waals surface area contributed by atoms with E-state index in [-0.39, 0.29) is 11.3 Å². The summed E-state index contributed by atoms with van der Waals surface area (Å²) in [5.74, 6) is 0.317. The van der Waals surface area contributed by atoms with Gasteiger partial charge in [-0.3, -0.25) is 14.9 Å². The number of fused-ring (bicyclic) bond motifs is 1. The first-order valence-electron chi connectivity index (χ1n) is 8.13. The second-order valence-corrected chi connectivity index (χ2v) is 6.24. The molecule has 1 amide bonds. The maximum absolute atomic E-state index is 12.3. The van der Waals surface area contributed by atoms with E-state index in [9.17, 15) is 14.9 Å². The van der Waals surface area contributed by atoms with E-state index in [4.69, 9.17) is 9.47 Å². The van der Waals surface area contributed by atoms with Crippen LogP contribution in [0.1, 0.15) is 36.0 Å². The van der Waals surface area contributed by atoms with Crippen LogP contribution in [0.3, 0.4) is 0 Å². The molecule has 1 N–H and O–H groups in total. The van der Waals surface area contributed by atoms with Crippen LogP contribution < -0.4 is 14.8 Å². The number of non-ortho nitro benzene ring substituents is 1. The summed E-state index contributed by atoms with van der Waals surface area (Å²) in [6.45, 7) is 0. The number of nitrogens with one attached hydrogen (secondary N) is 1. The molecule has 0 aromatic heterocycles. The van der Waals surface area contributed by atoms with Gasteiger partial charge < -0.3 is 14.8 Å². The van der Waals surface area contributed by atoms with Crippen LogP contribution in [0.5, 0.6) is 11.5 Å². The van der Waals surface area contributed by atoms with Crippen molar-refractivity contribution >= 4 is 17.3 Å². The Bertz CT molecular complexity index is 858. The number of ether oxygens (including phenoxy) is 2. The molecule has 2 aromatic rings. The van der Waals surface area contributed by atoms with Gasteiger partial charge >= 0.3 is 0 Å². The molecule has 0 atom stereocenters. The molecule has 1 saturated carbocycles. The Kier molecular flexibility index (Phi) is 3.56. The zero-order valence-corrected chi connectivity index (χ0v) is 13.4. The molecular formula is C18H16N2O5. The van der Waals surface area contributed by atoms with Gasteiger partial charge in [0.15, 0.2) is 11.5 Å². The van der Waals surface area contributed by atoms with Gasteiger partial charge in [-0.25, -0.2) is 0 Å². The van der Waals surface area contributed by atoms with Crippen molar-refractivity contribution in [2.24, 2.45) is 0 Å². The van der Waals surface area contributed by atoms with Crippen LogP contribution in [-0.4, -0.2) is 16.6 Å². The summed E-state index contributed by atoms with van der Waals surface area (Å²) in [5, 5.41) is 13.6. The Morgan fingerprint density at radius 2 is 1.84 bits per heavy atom. The number of carbonyl (C=O) groups is 1. The monoisotopic (exact) mass is 340 g/mol. The minimum absolute atomic E-state index is 0.124. The highest BCUT2D eigenvalue weighted by Gasteiger charge is 2.44. The van der Waals surface area contributed by atoms with Gasteiger partial charge in [0.25, 0.3) is 17.4 Å². The molecule has 1 fully saturated rings. The molecule has 0 saturated heterocycles. The van der Waals surface area contributed by atoms with Crippen LogP contribution in [0.2, 0.25) is 0 Å². The molecule has 1 aliphatic heterocycles. The molecule has 128 valence electrons. The van der Waals surface area contributed by atoms with Crippen LogP contribution in [0.15, 0.2) is 42.5 Å². The van der Waals surface area contributed by atoms with Gasteiger partial charge in [-0.05, 0) is 31.0 Å². The van der Waals surface area contributed by atoms with E-state index in [2.05, 4.69) is 5.32 Å².